The van der Waals surface area contributed by atoms with Gasteiger partial charge in [-0.3, -0.25) is 4.68 Å². The quantitative estimate of drug-likeness (QED) is 0.877. The second kappa shape index (κ2) is 4.91. The van der Waals surface area contributed by atoms with E-state index in [2.05, 4.69) is 41.1 Å². The fourth-order valence-electron chi connectivity index (χ4n) is 1.82. The van der Waals surface area contributed by atoms with Crippen LogP contribution in [-0.4, -0.2) is 16.8 Å². The molecule has 0 saturated heterocycles. The van der Waals surface area contributed by atoms with Crippen LogP contribution in [0, 0.1) is 13.8 Å². The third-order valence-corrected chi connectivity index (χ3v) is 2.74. The van der Waals surface area contributed by atoms with E-state index >= 15 is 0 Å². The van der Waals surface area contributed by atoms with E-state index in [-0.39, 0.29) is 0 Å². The molecule has 0 radical (unpaired) electrons. The molecular formula is C13H17N3O. The summed E-state index contributed by atoms with van der Waals surface area (Å²) in [4.78, 5) is 4.17. The minimum Gasteiger partial charge on any atom is -0.481 e. The molecule has 4 heteroatoms. The number of hydrogen-bond donors (Lipinski definition) is 1. The summed E-state index contributed by atoms with van der Waals surface area (Å²) >= 11 is 0. The third kappa shape index (κ3) is 2.41. The molecule has 2 heterocycles. The minimum absolute atomic E-state index is 0.669. The Morgan fingerprint density at radius 2 is 1.94 bits per heavy atom. The Morgan fingerprint density at radius 1 is 1.24 bits per heavy atom. The van der Waals surface area contributed by atoms with Gasteiger partial charge in [0, 0.05) is 23.1 Å². The first kappa shape index (κ1) is 11.5. The molecule has 0 aliphatic rings. The lowest BCUT2D eigenvalue weighted by Crippen LogP contribution is -2.17. The third-order valence-electron chi connectivity index (χ3n) is 2.74. The monoisotopic (exact) mass is 231 g/mol. The van der Waals surface area contributed by atoms with Gasteiger partial charge in [-0.25, -0.2) is 4.98 Å². The first-order valence-corrected chi connectivity index (χ1v) is 5.59. The van der Waals surface area contributed by atoms with Crippen LogP contribution in [0.2, 0.25) is 0 Å². The van der Waals surface area contributed by atoms with Gasteiger partial charge in [0.2, 0.25) is 5.88 Å². The van der Waals surface area contributed by atoms with Crippen LogP contribution >= 0.6 is 0 Å². The lowest BCUT2D eigenvalue weighted by Gasteiger charge is -2.13. The van der Waals surface area contributed by atoms with Crippen LogP contribution < -0.4 is 10.2 Å². The molecule has 0 aliphatic heterocycles. The number of nitrogens with zero attached hydrogens (tertiary/aromatic N) is 2. The van der Waals surface area contributed by atoms with E-state index in [0.29, 0.717) is 12.4 Å². The number of methoxy groups -OCH3 is 1. The van der Waals surface area contributed by atoms with Crippen molar-refractivity contribution >= 4 is 0 Å². The molecule has 0 amide bonds. The lowest BCUT2D eigenvalue weighted by molar-refractivity contribution is 0.392. The molecule has 0 bridgehead atoms. The highest BCUT2D eigenvalue weighted by Crippen LogP contribution is 2.14. The molecule has 0 saturated carbocycles. The van der Waals surface area contributed by atoms with Crippen LogP contribution in [-0.2, 0) is 6.54 Å². The zero-order valence-electron chi connectivity index (χ0n) is 10.4. The van der Waals surface area contributed by atoms with Gasteiger partial charge < -0.3 is 10.2 Å². The topological polar surface area (TPSA) is 39.1 Å². The van der Waals surface area contributed by atoms with Gasteiger partial charge in [0.05, 0.1) is 13.7 Å². The Balaban J connectivity index is 2.12. The average molecular weight is 231 g/mol. The number of ether oxygens (including phenoxy) is 1. The van der Waals surface area contributed by atoms with E-state index in [9.17, 15) is 0 Å². The fraction of sp³-hybridized carbons (Fsp3) is 0.308. The van der Waals surface area contributed by atoms with Crippen LogP contribution in [0.5, 0.6) is 5.88 Å². The van der Waals surface area contributed by atoms with Crippen LogP contribution in [0.3, 0.4) is 0 Å². The van der Waals surface area contributed by atoms with Crippen molar-refractivity contribution in [3.8, 4) is 5.88 Å². The van der Waals surface area contributed by atoms with E-state index in [1.807, 2.05) is 12.1 Å². The van der Waals surface area contributed by atoms with Crippen molar-refractivity contribution in [2.75, 3.05) is 12.5 Å². The van der Waals surface area contributed by atoms with Crippen molar-refractivity contribution in [3.63, 3.8) is 0 Å². The van der Waals surface area contributed by atoms with Gasteiger partial charge in [-0.2, -0.15) is 0 Å². The maximum Gasteiger partial charge on any atom is 0.218 e. The molecule has 0 unspecified atom stereocenters. The van der Waals surface area contributed by atoms with Crippen molar-refractivity contribution in [2.45, 2.75) is 20.4 Å². The summed E-state index contributed by atoms with van der Waals surface area (Å²) in [6.45, 7) is 4.83. The zero-order valence-corrected chi connectivity index (χ0v) is 10.4. The number of aromatic nitrogens is 2. The molecule has 0 spiro atoms. The van der Waals surface area contributed by atoms with Crippen molar-refractivity contribution < 1.29 is 4.74 Å². The number of rotatable bonds is 4. The smallest absolute Gasteiger partial charge is 0.218 e. The predicted octanol–water partition coefficient (Wildman–Crippen LogP) is 2.25. The SMILES string of the molecule is COc1ncccc1CNn1c(C)ccc1C. The summed E-state index contributed by atoms with van der Waals surface area (Å²) in [7, 11) is 1.64. The summed E-state index contributed by atoms with van der Waals surface area (Å²) in [5.41, 5.74) is 6.76. The second-order valence-corrected chi connectivity index (χ2v) is 3.96. The maximum absolute atomic E-state index is 5.22. The van der Waals surface area contributed by atoms with Crippen molar-refractivity contribution in [2.24, 2.45) is 0 Å². The Kier molecular flexibility index (Phi) is 3.32. The Morgan fingerprint density at radius 3 is 2.59 bits per heavy atom. The molecule has 1 N–H and O–H groups in total. The van der Waals surface area contributed by atoms with Crippen molar-refractivity contribution in [3.05, 3.63) is 47.4 Å². The van der Waals surface area contributed by atoms with Crippen LogP contribution in [0.1, 0.15) is 17.0 Å². The molecule has 90 valence electrons. The zero-order chi connectivity index (χ0) is 12.3. The predicted molar refractivity (Wildman–Crippen MR) is 67.8 cm³/mol. The number of hydrogen-bond acceptors (Lipinski definition) is 3. The second-order valence-electron chi connectivity index (χ2n) is 3.96. The molecule has 2 rings (SSSR count). The fourth-order valence-corrected chi connectivity index (χ4v) is 1.82. The highest BCUT2D eigenvalue weighted by atomic mass is 16.5. The number of nitrogens with one attached hydrogen (secondary N) is 1. The molecule has 2 aromatic rings. The van der Waals surface area contributed by atoms with E-state index in [4.69, 9.17) is 4.74 Å². The van der Waals surface area contributed by atoms with E-state index in [0.717, 1.165) is 5.56 Å². The van der Waals surface area contributed by atoms with Crippen LogP contribution in [0.15, 0.2) is 30.5 Å². The molecule has 17 heavy (non-hydrogen) atoms. The van der Waals surface area contributed by atoms with Crippen molar-refractivity contribution in [1.82, 2.24) is 9.66 Å². The minimum atomic E-state index is 0.669. The van der Waals surface area contributed by atoms with E-state index < -0.39 is 0 Å². The lowest BCUT2D eigenvalue weighted by atomic mass is 10.3. The van der Waals surface area contributed by atoms with Crippen LogP contribution in [0.4, 0.5) is 0 Å². The maximum atomic E-state index is 5.22. The highest BCUT2D eigenvalue weighted by Gasteiger charge is 2.04. The summed E-state index contributed by atoms with van der Waals surface area (Å²) in [6, 6.07) is 8.09. The van der Waals surface area contributed by atoms with E-state index in [1.54, 1.807) is 13.3 Å². The van der Waals surface area contributed by atoms with Gasteiger partial charge >= 0.3 is 0 Å². The first-order chi connectivity index (χ1) is 8.22. The van der Waals surface area contributed by atoms with Gasteiger partial charge in [-0.05, 0) is 32.0 Å². The van der Waals surface area contributed by atoms with Gasteiger partial charge in [0.15, 0.2) is 0 Å². The molecule has 4 nitrogen and oxygen atoms in total. The van der Waals surface area contributed by atoms with Gasteiger partial charge in [0.25, 0.3) is 0 Å². The standard InChI is InChI=1S/C13H17N3O/c1-10-6-7-11(2)16(10)15-9-12-5-4-8-14-13(12)17-3/h4-8,15H,9H2,1-3H3. The Hall–Kier alpha value is -1.97. The molecule has 0 aromatic carbocycles. The summed E-state index contributed by atoms with van der Waals surface area (Å²) in [5, 5.41) is 0. The largest absolute Gasteiger partial charge is 0.481 e. The number of aryl methyl sites for hydroxylation is 2. The van der Waals surface area contributed by atoms with Gasteiger partial charge in [-0.1, -0.05) is 6.07 Å². The molecular weight excluding hydrogens is 214 g/mol. The van der Waals surface area contributed by atoms with Gasteiger partial charge in [0.1, 0.15) is 0 Å². The molecule has 0 aliphatic carbocycles. The van der Waals surface area contributed by atoms with Gasteiger partial charge in [-0.15, -0.1) is 0 Å². The summed E-state index contributed by atoms with van der Waals surface area (Å²) in [5.74, 6) is 0.669. The first-order valence-electron chi connectivity index (χ1n) is 5.59. The molecule has 0 atom stereocenters. The molecule has 2 aromatic heterocycles. The summed E-state index contributed by atoms with van der Waals surface area (Å²) in [6.07, 6.45) is 1.73. The van der Waals surface area contributed by atoms with E-state index in [1.165, 1.54) is 11.4 Å². The van der Waals surface area contributed by atoms with Crippen LogP contribution in [0.25, 0.3) is 0 Å². The summed E-state index contributed by atoms with van der Waals surface area (Å²) < 4.78 is 7.28. The average Bonchev–Trinajstić information content (AvgIpc) is 2.67. The number of pyridine rings is 1. The Labute approximate surface area is 101 Å². The van der Waals surface area contributed by atoms with Crippen molar-refractivity contribution in [1.29, 1.82) is 0 Å². The molecule has 0 fully saturated rings. The Bertz CT molecular complexity index is 486. The normalized spacial score (nSPS) is 10.3. The highest BCUT2D eigenvalue weighted by molar-refractivity contribution is 5.27.